The van der Waals surface area contributed by atoms with Crippen LogP contribution in [0.1, 0.15) is 36.8 Å². The fourth-order valence-electron chi connectivity index (χ4n) is 2.06. The van der Waals surface area contributed by atoms with Gasteiger partial charge in [-0.25, -0.2) is 9.18 Å². The third-order valence-corrected chi connectivity index (χ3v) is 3.15. The van der Waals surface area contributed by atoms with E-state index < -0.39 is 11.6 Å². The number of aromatic nitrogens is 1. The molecule has 0 spiro atoms. The summed E-state index contributed by atoms with van der Waals surface area (Å²) in [5.41, 5.74) is -0.952. The second-order valence-corrected chi connectivity index (χ2v) is 4.39. The number of halogens is 1. The Morgan fingerprint density at radius 3 is 2.94 bits per heavy atom. The number of hydrogen-bond donors (Lipinski definition) is 0. The van der Waals surface area contributed by atoms with Crippen LogP contribution in [0.2, 0.25) is 0 Å². The number of rotatable bonds is 3. The topological polar surface area (TPSA) is 63.0 Å². The van der Waals surface area contributed by atoms with Gasteiger partial charge in [0.15, 0.2) is 0 Å². The minimum absolute atomic E-state index is 0.0874. The van der Waals surface area contributed by atoms with Gasteiger partial charge in [-0.3, -0.25) is 4.98 Å². The van der Waals surface area contributed by atoms with Crippen LogP contribution < -0.4 is 0 Å². The van der Waals surface area contributed by atoms with Crippen LogP contribution in [0.15, 0.2) is 18.5 Å². The largest absolute Gasteiger partial charge is 0.458 e. The molecule has 4 nitrogen and oxygen atoms in total. The van der Waals surface area contributed by atoms with Crippen LogP contribution in [0.4, 0.5) is 4.39 Å². The number of nitrogens with zero attached hydrogens (tertiary/aromatic N) is 2. The van der Waals surface area contributed by atoms with Gasteiger partial charge < -0.3 is 4.74 Å². The van der Waals surface area contributed by atoms with E-state index in [0.717, 1.165) is 0 Å². The van der Waals surface area contributed by atoms with Crippen molar-refractivity contribution in [3.8, 4) is 6.07 Å². The Kier molecular flexibility index (Phi) is 3.56. The number of hydrogen-bond acceptors (Lipinski definition) is 4. The molecule has 1 aromatic heterocycles. The lowest BCUT2D eigenvalue weighted by Crippen LogP contribution is -2.32. The first-order valence-electron chi connectivity index (χ1n) is 5.85. The Bertz CT molecular complexity index is 490. The molecule has 0 N–H and O–H groups in total. The van der Waals surface area contributed by atoms with E-state index >= 15 is 0 Å². The van der Waals surface area contributed by atoms with E-state index in [4.69, 9.17) is 10.00 Å². The molecule has 0 unspecified atom stereocenters. The van der Waals surface area contributed by atoms with Crippen molar-refractivity contribution in [2.75, 3.05) is 0 Å². The van der Waals surface area contributed by atoms with Gasteiger partial charge in [0.05, 0.1) is 5.56 Å². The molecule has 1 fully saturated rings. The van der Waals surface area contributed by atoms with E-state index in [0.29, 0.717) is 24.0 Å². The Morgan fingerprint density at radius 2 is 2.28 bits per heavy atom. The maximum Gasteiger partial charge on any atom is 0.344 e. The third kappa shape index (κ3) is 2.48. The zero-order valence-corrected chi connectivity index (χ0v) is 9.86. The van der Waals surface area contributed by atoms with Gasteiger partial charge in [0.25, 0.3) is 0 Å². The van der Waals surface area contributed by atoms with Crippen molar-refractivity contribution < 1.29 is 13.9 Å². The Hall–Kier alpha value is -1.96. The van der Waals surface area contributed by atoms with E-state index in [9.17, 15) is 9.18 Å². The van der Waals surface area contributed by atoms with Gasteiger partial charge in [0.2, 0.25) is 5.67 Å². The van der Waals surface area contributed by atoms with Crippen LogP contribution in [-0.2, 0) is 16.1 Å². The summed E-state index contributed by atoms with van der Waals surface area (Å²) in [4.78, 5) is 15.4. The van der Waals surface area contributed by atoms with Gasteiger partial charge >= 0.3 is 5.97 Å². The normalized spacial score (nSPS) is 17.1. The average Bonchev–Trinajstić information content (AvgIpc) is 2.84. The summed E-state index contributed by atoms with van der Waals surface area (Å²) >= 11 is 0. The lowest BCUT2D eigenvalue weighted by atomic mass is 10.1. The number of nitriles is 1. The molecular formula is C13H13FN2O2. The van der Waals surface area contributed by atoms with Gasteiger partial charge in [0, 0.05) is 18.0 Å². The van der Waals surface area contributed by atoms with Gasteiger partial charge in [-0.2, -0.15) is 5.26 Å². The fourth-order valence-corrected chi connectivity index (χ4v) is 2.06. The van der Waals surface area contributed by atoms with E-state index in [2.05, 4.69) is 4.98 Å². The van der Waals surface area contributed by atoms with Gasteiger partial charge in [0.1, 0.15) is 12.7 Å². The summed E-state index contributed by atoms with van der Waals surface area (Å²) in [5, 5.41) is 8.84. The molecule has 0 atom stereocenters. The molecule has 5 heteroatoms. The molecule has 0 bridgehead atoms. The van der Waals surface area contributed by atoms with Crippen molar-refractivity contribution in [2.45, 2.75) is 38.0 Å². The highest BCUT2D eigenvalue weighted by molar-refractivity contribution is 5.79. The van der Waals surface area contributed by atoms with Crippen molar-refractivity contribution in [1.29, 1.82) is 5.26 Å². The van der Waals surface area contributed by atoms with Crippen molar-refractivity contribution >= 4 is 5.97 Å². The monoisotopic (exact) mass is 248 g/mol. The summed E-state index contributed by atoms with van der Waals surface area (Å²) < 4.78 is 19.0. The Labute approximate surface area is 104 Å². The molecule has 2 rings (SSSR count). The van der Waals surface area contributed by atoms with Gasteiger partial charge in [-0.05, 0) is 31.7 Å². The lowest BCUT2D eigenvalue weighted by molar-refractivity contribution is -0.158. The van der Waals surface area contributed by atoms with Crippen LogP contribution in [0.25, 0.3) is 0 Å². The van der Waals surface area contributed by atoms with Crippen molar-refractivity contribution in [2.24, 2.45) is 0 Å². The van der Waals surface area contributed by atoms with E-state index in [1.807, 2.05) is 6.07 Å². The first-order valence-corrected chi connectivity index (χ1v) is 5.85. The van der Waals surface area contributed by atoms with Crippen molar-refractivity contribution in [3.05, 3.63) is 29.6 Å². The predicted molar refractivity (Wildman–Crippen MR) is 61.1 cm³/mol. The number of esters is 1. The molecule has 1 aliphatic carbocycles. The van der Waals surface area contributed by atoms with Crippen molar-refractivity contribution in [1.82, 2.24) is 4.98 Å². The number of carbonyl (C=O) groups is 1. The molecule has 1 aromatic rings. The summed E-state index contributed by atoms with van der Waals surface area (Å²) in [6, 6.07) is 3.54. The number of carbonyl (C=O) groups excluding carboxylic acids is 1. The van der Waals surface area contributed by atoms with Gasteiger partial charge in [-0.15, -0.1) is 0 Å². The minimum Gasteiger partial charge on any atom is -0.458 e. The molecule has 0 amide bonds. The molecule has 0 aromatic carbocycles. The van der Waals surface area contributed by atoms with Crippen LogP contribution in [0, 0.1) is 11.3 Å². The smallest absolute Gasteiger partial charge is 0.344 e. The lowest BCUT2D eigenvalue weighted by Gasteiger charge is -2.17. The highest BCUT2D eigenvalue weighted by atomic mass is 19.1. The number of pyridine rings is 1. The zero-order valence-electron chi connectivity index (χ0n) is 9.86. The second kappa shape index (κ2) is 5.13. The molecule has 0 radical (unpaired) electrons. The summed E-state index contributed by atoms with van der Waals surface area (Å²) in [6.07, 6.45) is 4.78. The molecule has 18 heavy (non-hydrogen) atoms. The first-order chi connectivity index (χ1) is 8.65. The SMILES string of the molecule is N#Cc1cnccc1COC(=O)C1(F)CCCC1. The molecular weight excluding hydrogens is 235 g/mol. The second-order valence-electron chi connectivity index (χ2n) is 4.39. The molecule has 1 heterocycles. The highest BCUT2D eigenvalue weighted by Gasteiger charge is 2.42. The van der Waals surface area contributed by atoms with E-state index in [-0.39, 0.29) is 19.4 Å². The fraction of sp³-hybridized carbons (Fsp3) is 0.462. The molecule has 0 aliphatic heterocycles. The predicted octanol–water partition coefficient (Wildman–Crippen LogP) is 2.28. The number of alkyl halides is 1. The maximum atomic E-state index is 14.0. The van der Waals surface area contributed by atoms with E-state index in [1.54, 1.807) is 6.07 Å². The average molecular weight is 248 g/mol. The Balaban J connectivity index is 2.00. The molecule has 0 saturated heterocycles. The summed E-state index contributed by atoms with van der Waals surface area (Å²) in [5.74, 6) is -0.819. The minimum atomic E-state index is -1.83. The molecule has 1 aliphatic rings. The van der Waals surface area contributed by atoms with Crippen LogP contribution in [-0.4, -0.2) is 16.6 Å². The van der Waals surface area contributed by atoms with Crippen LogP contribution in [0.3, 0.4) is 0 Å². The van der Waals surface area contributed by atoms with Gasteiger partial charge in [-0.1, -0.05) is 0 Å². The zero-order chi connectivity index (χ0) is 13.0. The van der Waals surface area contributed by atoms with Crippen LogP contribution >= 0.6 is 0 Å². The maximum absolute atomic E-state index is 14.0. The number of ether oxygens (including phenoxy) is 1. The Morgan fingerprint density at radius 1 is 1.56 bits per heavy atom. The summed E-state index contributed by atoms with van der Waals surface area (Å²) in [7, 11) is 0. The van der Waals surface area contributed by atoms with Crippen LogP contribution in [0.5, 0.6) is 0 Å². The molecule has 94 valence electrons. The first kappa shape index (κ1) is 12.5. The summed E-state index contributed by atoms with van der Waals surface area (Å²) in [6.45, 7) is -0.0874. The highest BCUT2D eigenvalue weighted by Crippen LogP contribution is 2.34. The van der Waals surface area contributed by atoms with Crippen molar-refractivity contribution in [3.63, 3.8) is 0 Å². The molecule has 1 saturated carbocycles. The van der Waals surface area contributed by atoms with E-state index in [1.165, 1.54) is 12.4 Å². The standard InChI is InChI=1S/C13H13FN2O2/c14-13(4-1-2-5-13)12(17)18-9-10-3-6-16-8-11(10)7-15/h3,6,8H,1-2,4-5,9H2. The third-order valence-electron chi connectivity index (χ3n) is 3.15. The quantitative estimate of drug-likeness (QED) is 0.770.